The summed E-state index contributed by atoms with van der Waals surface area (Å²) in [6.45, 7) is 4.09. The Balaban J connectivity index is 2.15. The molecular formula is C16H18N2O5S. The van der Waals surface area contributed by atoms with Crippen LogP contribution < -0.4 is 15.2 Å². The van der Waals surface area contributed by atoms with Gasteiger partial charge in [-0.2, -0.15) is 4.99 Å². The Bertz CT molecular complexity index is 700. The lowest BCUT2D eigenvalue weighted by atomic mass is 10.2. The number of carbonyl (C=O) groups is 2. The van der Waals surface area contributed by atoms with Crippen molar-refractivity contribution in [3.8, 4) is 11.5 Å². The third-order valence-electron chi connectivity index (χ3n) is 2.85. The number of amides is 1. The van der Waals surface area contributed by atoms with E-state index < -0.39 is 5.97 Å². The molecule has 128 valence electrons. The molecule has 1 heterocycles. The molecule has 0 atom stereocenters. The number of amidine groups is 1. The topological polar surface area (TPSA) is 100 Å². The van der Waals surface area contributed by atoms with E-state index in [1.165, 1.54) is 0 Å². The van der Waals surface area contributed by atoms with Gasteiger partial charge >= 0.3 is 5.97 Å². The maximum atomic E-state index is 11.6. The first kappa shape index (κ1) is 17.9. The van der Waals surface area contributed by atoms with Crippen LogP contribution in [-0.2, 0) is 14.3 Å². The van der Waals surface area contributed by atoms with Crippen LogP contribution in [0.5, 0.6) is 11.5 Å². The van der Waals surface area contributed by atoms with Crippen LogP contribution in [0.4, 0.5) is 0 Å². The highest BCUT2D eigenvalue weighted by molar-refractivity contribution is 8.18. The zero-order valence-electron chi connectivity index (χ0n) is 13.4. The van der Waals surface area contributed by atoms with Crippen LogP contribution in [0.25, 0.3) is 6.08 Å². The molecule has 8 heteroatoms. The van der Waals surface area contributed by atoms with Crippen molar-refractivity contribution in [3.63, 3.8) is 0 Å². The minimum atomic E-state index is -0.452. The molecule has 0 radical (unpaired) electrons. The maximum absolute atomic E-state index is 11.6. The predicted octanol–water partition coefficient (Wildman–Crippen LogP) is 1.96. The second kappa shape index (κ2) is 8.39. The van der Waals surface area contributed by atoms with Crippen LogP contribution >= 0.6 is 11.8 Å². The second-order valence-electron chi connectivity index (χ2n) is 4.60. The second-order valence-corrected chi connectivity index (χ2v) is 5.66. The fourth-order valence-electron chi connectivity index (χ4n) is 1.92. The van der Waals surface area contributed by atoms with E-state index in [-0.39, 0.29) is 17.7 Å². The number of benzene rings is 1. The number of carbonyl (C=O) groups excluding carboxylic acids is 2. The molecule has 1 aliphatic rings. The van der Waals surface area contributed by atoms with E-state index in [1.54, 1.807) is 31.2 Å². The zero-order chi connectivity index (χ0) is 17.5. The molecule has 0 aromatic heterocycles. The van der Waals surface area contributed by atoms with Gasteiger partial charge in [0.25, 0.3) is 5.91 Å². The molecule has 2 N–H and O–H groups in total. The molecule has 2 rings (SSSR count). The number of esters is 1. The summed E-state index contributed by atoms with van der Waals surface area (Å²) in [6.07, 6.45) is 1.67. The maximum Gasteiger partial charge on any atom is 0.344 e. The van der Waals surface area contributed by atoms with Crippen molar-refractivity contribution in [1.82, 2.24) is 0 Å². The quantitative estimate of drug-likeness (QED) is 0.592. The predicted molar refractivity (Wildman–Crippen MR) is 91.9 cm³/mol. The Morgan fingerprint density at radius 2 is 2.04 bits per heavy atom. The Hall–Kier alpha value is -2.48. The molecule has 0 saturated carbocycles. The van der Waals surface area contributed by atoms with Gasteiger partial charge in [-0.1, -0.05) is 6.07 Å². The molecule has 24 heavy (non-hydrogen) atoms. The van der Waals surface area contributed by atoms with Gasteiger partial charge in [-0.3, -0.25) is 4.79 Å². The number of hydrogen-bond acceptors (Lipinski definition) is 7. The molecule has 1 amide bonds. The molecule has 1 aliphatic heterocycles. The highest BCUT2D eigenvalue weighted by Crippen LogP contribution is 2.32. The summed E-state index contributed by atoms with van der Waals surface area (Å²) in [5.41, 5.74) is 6.26. The van der Waals surface area contributed by atoms with Crippen molar-refractivity contribution in [2.24, 2.45) is 10.7 Å². The molecule has 0 spiro atoms. The summed E-state index contributed by atoms with van der Waals surface area (Å²) in [4.78, 5) is 27.1. The molecule has 7 nitrogen and oxygen atoms in total. The van der Waals surface area contributed by atoms with E-state index in [4.69, 9.17) is 19.9 Å². The number of aliphatic imine (C=N–C) groups is 1. The van der Waals surface area contributed by atoms with E-state index in [0.29, 0.717) is 29.6 Å². The molecule has 1 aromatic rings. The Morgan fingerprint density at radius 1 is 1.25 bits per heavy atom. The fraction of sp³-hybridized carbons (Fsp3) is 0.312. The van der Waals surface area contributed by atoms with Crippen molar-refractivity contribution in [2.45, 2.75) is 13.8 Å². The minimum absolute atomic E-state index is 0.201. The van der Waals surface area contributed by atoms with Gasteiger partial charge in [0.15, 0.2) is 23.3 Å². The van der Waals surface area contributed by atoms with Gasteiger partial charge in [-0.15, -0.1) is 0 Å². The highest BCUT2D eigenvalue weighted by Gasteiger charge is 2.19. The standard InChI is InChI=1S/C16H18N2O5S/c1-3-21-12-7-10(8-13-15(20)18-16(17)24-13)5-6-11(12)23-9-14(19)22-4-2/h5-8H,3-4,9H2,1-2H3,(H2,17,18,20)/b13-8-. The number of hydrogen-bond donors (Lipinski definition) is 1. The van der Waals surface area contributed by atoms with Gasteiger partial charge < -0.3 is 19.9 Å². The van der Waals surface area contributed by atoms with Crippen LogP contribution in [0.15, 0.2) is 28.1 Å². The molecule has 0 unspecified atom stereocenters. The van der Waals surface area contributed by atoms with Gasteiger partial charge in [-0.25, -0.2) is 4.79 Å². The van der Waals surface area contributed by atoms with Crippen LogP contribution in [0, 0.1) is 0 Å². The van der Waals surface area contributed by atoms with Crippen LogP contribution in [-0.4, -0.2) is 36.9 Å². The molecule has 0 aliphatic carbocycles. The number of thioether (sulfide) groups is 1. The lowest BCUT2D eigenvalue weighted by molar-refractivity contribution is -0.145. The normalized spacial score (nSPS) is 15.3. The lowest BCUT2D eigenvalue weighted by Gasteiger charge is -2.12. The Kier molecular flexibility index (Phi) is 6.25. The highest BCUT2D eigenvalue weighted by atomic mass is 32.2. The molecule has 0 bridgehead atoms. The number of nitrogens with zero attached hydrogens (tertiary/aromatic N) is 1. The average Bonchev–Trinajstić information content (AvgIpc) is 2.85. The smallest absolute Gasteiger partial charge is 0.344 e. The number of nitrogens with two attached hydrogens (primary N) is 1. The monoisotopic (exact) mass is 350 g/mol. The largest absolute Gasteiger partial charge is 0.490 e. The minimum Gasteiger partial charge on any atom is -0.490 e. The summed E-state index contributed by atoms with van der Waals surface area (Å²) in [5, 5.41) is 0.227. The third kappa shape index (κ3) is 4.76. The van der Waals surface area contributed by atoms with Gasteiger partial charge in [0.2, 0.25) is 0 Å². The van der Waals surface area contributed by atoms with E-state index in [1.807, 2.05) is 6.92 Å². The molecule has 0 saturated heterocycles. The summed E-state index contributed by atoms with van der Waals surface area (Å²) < 4.78 is 15.8. The van der Waals surface area contributed by atoms with E-state index in [9.17, 15) is 9.59 Å². The zero-order valence-corrected chi connectivity index (χ0v) is 14.2. The van der Waals surface area contributed by atoms with Crippen LogP contribution in [0.3, 0.4) is 0 Å². The van der Waals surface area contributed by atoms with E-state index >= 15 is 0 Å². The van der Waals surface area contributed by atoms with E-state index in [2.05, 4.69) is 4.99 Å². The summed E-state index contributed by atoms with van der Waals surface area (Å²) in [7, 11) is 0. The molecule has 1 aromatic carbocycles. The van der Waals surface area contributed by atoms with Crippen molar-refractivity contribution in [3.05, 3.63) is 28.7 Å². The van der Waals surface area contributed by atoms with E-state index in [0.717, 1.165) is 17.3 Å². The molecule has 0 fully saturated rings. The van der Waals surface area contributed by atoms with Crippen molar-refractivity contribution < 1.29 is 23.8 Å². The fourth-order valence-corrected chi connectivity index (χ4v) is 2.60. The van der Waals surface area contributed by atoms with Gasteiger partial charge in [0, 0.05) is 0 Å². The SMILES string of the molecule is CCOC(=O)COc1ccc(/C=C2\SC(N)=NC2=O)cc1OCC. The van der Waals surface area contributed by atoms with Gasteiger partial charge in [0.05, 0.1) is 18.1 Å². The summed E-state index contributed by atoms with van der Waals surface area (Å²) in [5.74, 6) is 0.0820. The van der Waals surface area contributed by atoms with Crippen LogP contribution in [0.1, 0.15) is 19.4 Å². The lowest BCUT2D eigenvalue weighted by Crippen LogP contribution is -2.15. The Morgan fingerprint density at radius 3 is 2.67 bits per heavy atom. The van der Waals surface area contributed by atoms with Crippen molar-refractivity contribution in [2.75, 3.05) is 19.8 Å². The summed E-state index contributed by atoms with van der Waals surface area (Å²) >= 11 is 1.12. The first-order chi connectivity index (χ1) is 11.5. The number of rotatable bonds is 7. The third-order valence-corrected chi connectivity index (χ3v) is 3.67. The average molecular weight is 350 g/mol. The summed E-state index contributed by atoms with van der Waals surface area (Å²) in [6, 6.07) is 5.14. The first-order valence-corrected chi connectivity index (χ1v) is 8.18. The first-order valence-electron chi connectivity index (χ1n) is 7.36. The number of ether oxygens (including phenoxy) is 3. The molecular weight excluding hydrogens is 332 g/mol. The van der Waals surface area contributed by atoms with Gasteiger partial charge in [0.1, 0.15) is 0 Å². The van der Waals surface area contributed by atoms with Crippen molar-refractivity contribution >= 4 is 34.9 Å². The van der Waals surface area contributed by atoms with Gasteiger partial charge in [-0.05, 0) is 49.4 Å². The van der Waals surface area contributed by atoms with Crippen LogP contribution in [0.2, 0.25) is 0 Å². The Labute approximate surface area is 143 Å². The van der Waals surface area contributed by atoms with Crippen molar-refractivity contribution in [1.29, 1.82) is 0 Å².